The van der Waals surface area contributed by atoms with Crippen LogP contribution in [0.1, 0.15) is 36.2 Å². The first-order valence-electron chi connectivity index (χ1n) is 6.67. The second kappa shape index (κ2) is 6.63. The number of nitrogens with zero attached hydrogens (tertiary/aromatic N) is 1. The van der Waals surface area contributed by atoms with Gasteiger partial charge in [-0.15, -0.1) is 11.3 Å². The molecule has 20 heavy (non-hydrogen) atoms. The van der Waals surface area contributed by atoms with Crippen LogP contribution >= 0.6 is 11.3 Å². The number of hydrogen-bond donors (Lipinski definition) is 2. The van der Waals surface area contributed by atoms with Gasteiger partial charge in [0.15, 0.2) is 0 Å². The monoisotopic (exact) mass is 289 g/mol. The van der Waals surface area contributed by atoms with Crippen molar-refractivity contribution in [3.05, 3.63) is 45.9 Å². The van der Waals surface area contributed by atoms with Gasteiger partial charge in [-0.3, -0.25) is 4.79 Å². The van der Waals surface area contributed by atoms with E-state index in [-0.39, 0.29) is 18.4 Å². The molecule has 1 unspecified atom stereocenters. The summed E-state index contributed by atoms with van der Waals surface area (Å²) in [4.78, 5) is 16.4. The molecule has 0 saturated carbocycles. The molecular weight excluding hydrogens is 270 g/mol. The summed E-state index contributed by atoms with van der Waals surface area (Å²) in [7, 11) is 0. The Morgan fingerprint density at radius 2 is 2.20 bits per heavy atom. The van der Waals surface area contributed by atoms with Gasteiger partial charge in [0.05, 0.1) is 18.2 Å². The maximum absolute atomic E-state index is 12.1. The van der Waals surface area contributed by atoms with E-state index in [1.807, 2.05) is 36.6 Å². The lowest BCUT2D eigenvalue weighted by molar-refractivity contribution is -0.115. The largest absolute Gasteiger partial charge is 0.325 e. The average Bonchev–Trinajstić information content (AvgIpc) is 2.88. The summed E-state index contributed by atoms with van der Waals surface area (Å²) in [6.45, 7) is 3.96. The molecule has 0 fully saturated rings. The van der Waals surface area contributed by atoms with Crippen molar-refractivity contribution in [3.63, 3.8) is 0 Å². The van der Waals surface area contributed by atoms with Crippen LogP contribution in [0.25, 0.3) is 0 Å². The highest BCUT2D eigenvalue weighted by atomic mass is 32.1. The third-order valence-electron chi connectivity index (χ3n) is 2.97. The molecule has 0 bridgehead atoms. The van der Waals surface area contributed by atoms with Gasteiger partial charge in [0.2, 0.25) is 5.91 Å². The molecule has 0 aliphatic carbocycles. The minimum atomic E-state index is -0.0855. The van der Waals surface area contributed by atoms with E-state index in [2.05, 4.69) is 17.2 Å². The minimum absolute atomic E-state index is 0.0487. The fourth-order valence-corrected chi connectivity index (χ4v) is 2.70. The Bertz CT molecular complexity index is 592. The second-order valence-corrected chi connectivity index (χ2v) is 5.59. The molecular formula is C15H19N3OS. The zero-order chi connectivity index (χ0) is 14.5. The number of carbonyl (C=O) groups is 1. The van der Waals surface area contributed by atoms with Crippen molar-refractivity contribution >= 4 is 22.9 Å². The number of hydrogen-bond acceptors (Lipinski definition) is 4. The van der Waals surface area contributed by atoms with Crippen molar-refractivity contribution in [1.29, 1.82) is 0 Å². The van der Waals surface area contributed by atoms with E-state index < -0.39 is 0 Å². The van der Waals surface area contributed by atoms with Crippen LogP contribution in [0.4, 0.5) is 5.69 Å². The van der Waals surface area contributed by atoms with Crippen molar-refractivity contribution in [3.8, 4) is 0 Å². The lowest BCUT2D eigenvalue weighted by Crippen LogP contribution is -2.16. The molecule has 1 heterocycles. The van der Waals surface area contributed by atoms with E-state index >= 15 is 0 Å². The van der Waals surface area contributed by atoms with Crippen molar-refractivity contribution < 1.29 is 4.79 Å². The number of aryl methyl sites for hydroxylation is 1. The number of benzene rings is 1. The van der Waals surface area contributed by atoms with Gasteiger partial charge in [-0.2, -0.15) is 0 Å². The number of para-hydroxylation sites is 1. The number of thiazole rings is 1. The smallest absolute Gasteiger partial charge is 0.230 e. The van der Waals surface area contributed by atoms with Gasteiger partial charge in [0, 0.05) is 11.1 Å². The van der Waals surface area contributed by atoms with Crippen LogP contribution < -0.4 is 11.1 Å². The standard InChI is InChI=1S/C15H19N3OS/c1-3-11-6-4-5-7-13(11)18-14(19)8-12-9-20-15(17-12)10(2)16/h4-7,9-10H,3,8,16H2,1-2H3,(H,18,19). The Labute approximate surface area is 123 Å². The van der Waals surface area contributed by atoms with Crippen molar-refractivity contribution in [1.82, 2.24) is 4.98 Å². The van der Waals surface area contributed by atoms with E-state index in [4.69, 9.17) is 5.73 Å². The normalized spacial score (nSPS) is 12.2. The van der Waals surface area contributed by atoms with Crippen LogP contribution in [0.15, 0.2) is 29.6 Å². The number of nitrogens with two attached hydrogens (primary N) is 1. The van der Waals surface area contributed by atoms with E-state index in [1.165, 1.54) is 11.3 Å². The zero-order valence-electron chi connectivity index (χ0n) is 11.7. The fourth-order valence-electron chi connectivity index (χ4n) is 1.92. The lowest BCUT2D eigenvalue weighted by Gasteiger charge is -2.08. The highest BCUT2D eigenvalue weighted by Gasteiger charge is 2.11. The summed E-state index contributed by atoms with van der Waals surface area (Å²) in [5.41, 5.74) is 8.55. The summed E-state index contributed by atoms with van der Waals surface area (Å²) in [6.07, 6.45) is 1.17. The Balaban J connectivity index is 2.01. The van der Waals surface area contributed by atoms with Crippen molar-refractivity contribution in [2.75, 3.05) is 5.32 Å². The minimum Gasteiger partial charge on any atom is -0.325 e. The molecule has 1 atom stereocenters. The van der Waals surface area contributed by atoms with Gasteiger partial charge in [0.1, 0.15) is 5.01 Å². The number of anilines is 1. The molecule has 1 aromatic carbocycles. The molecule has 0 saturated heterocycles. The van der Waals surface area contributed by atoms with Gasteiger partial charge >= 0.3 is 0 Å². The van der Waals surface area contributed by atoms with E-state index in [0.29, 0.717) is 0 Å². The van der Waals surface area contributed by atoms with Gasteiger partial charge < -0.3 is 11.1 Å². The van der Waals surface area contributed by atoms with Crippen LogP contribution in [0.3, 0.4) is 0 Å². The predicted molar refractivity (Wildman–Crippen MR) is 82.9 cm³/mol. The van der Waals surface area contributed by atoms with E-state index in [1.54, 1.807) is 0 Å². The van der Waals surface area contributed by atoms with Gasteiger partial charge in [-0.25, -0.2) is 4.98 Å². The number of amides is 1. The molecule has 4 nitrogen and oxygen atoms in total. The van der Waals surface area contributed by atoms with Crippen LogP contribution in [-0.4, -0.2) is 10.9 Å². The van der Waals surface area contributed by atoms with Crippen LogP contribution in [-0.2, 0) is 17.6 Å². The number of nitrogens with one attached hydrogen (secondary N) is 1. The Morgan fingerprint density at radius 3 is 2.85 bits per heavy atom. The second-order valence-electron chi connectivity index (χ2n) is 4.70. The Hall–Kier alpha value is -1.72. The van der Waals surface area contributed by atoms with Crippen molar-refractivity contribution in [2.24, 2.45) is 5.73 Å². The number of aromatic nitrogens is 1. The maximum Gasteiger partial charge on any atom is 0.230 e. The molecule has 106 valence electrons. The third-order valence-corrected chi connectivity index (χ3v) is 4.07. The summed E-state index contributed by atoms with van der Waals surface area (Å²) in [5.74, 6) is -0.0487. The van der Waals surface area contributed by atoms with E-state index in [0.717, 1.165) is 28.4 Å². The summed E-state index contributed by atoms with van der Waals surface area (Å²) >= 11 is 1.50. The average molecular weight is 289 g/mol. The summed E-state index contributed by atoms with van der Waals surface area (Å²) < 4.78 is 0. The maximum atomic E-state index is 12.1. The van der Waals surface area contributed by atoms with Gasteiger partial charge in [-0.1, -0.05) is 25.1 Å². The molecule has 3 N–H and O–H groups in total. The topological polar surface area (TPSA) is 68.0 Å². The number of rotatable bonds is 5. The highest BCUT2D eigenvalue weighted by Crippen LogP contribution is 2.18. The van der Waals surface area contributed by atoms with Crippen molar-refractivity contribution in [2.45, 2.75) is 32.7 Å². The molecule has 0 radical (unpaired) electrons. The van der Waals surface area contributed by atoms with Gasteiger partial charge in [-0.05, 0) is 25.0 Å². The van der Waals surface area contributed by atoms with E-state index in [9.17, 15) is 4.79 Å². The molecule has 1 amide bonds. The lowest BCUT2D eigenvalue weighted by atomic mass is 10.1. The molecule has 1 aromatic heterocycles. The summed E-state index contributed by atoms with van der Waals surface area (Å²) in [5, 5.41) is 5.70. The molecule has 2 rings (SSSR count). The molecule has 0 aliphatic rings. The van der Waals surface area contributed by atoms with Crippen LogP contribution in [0.5, 0.6) is 0 Å². The Kier molecular flexibility index (Phi) is 4.87. The third kappa shape index (κ3) is 3.65. The SMILES string of the molecule is CCc1ccccc1NC(=O)Cc1csc(C(C)N)n1. The predicted octanol–water partition coefficient (Wildman–Crippen LogP) is 2.91. The van der Waals surface area contributed by atoms with Crippen LogP contribution in [0.2, 0.25) is 0 Å². The van der Waals surface area contributed by atoms with Gasteiger partial charge in [0.25, 0.3) is 0 Å². The van der Waals surface area contributed by atoms with Crippen LogP contribution in [0, 0.1) is 0 Å². The Morgan fingerprint density at radius 1 is 1.45 bits per heavy atom. The summed E-state index contributed by atoms with van der Waals surface area (Å²) in [6, 6.07) is 7.76. The first-order chi connectivity index (χ1) is 9.60. The molecule has 2 aromatic rings. The molecule has 5 heteroatoms. The highest BCUT2D eigenvalue weighted by molar-refractivity contribution is 7.09. The number of carbonyl (C=O) groups excluding carboxylic acids is 1. The fraction of sp³-hybridized carbons (Fsp3) is 0.333. The zero-order valence-corrected chi connectivity index (χ0v) is 12.5. The molecule has 0 aliphatic heterocycles. The first kappa shape index (κ1) is 14.7. The first-order valence-corrected chi connectivity index (χ1v) is 7.55. The molecule has 0 spiro atoms. The quantitative estimate of drug-likeness (QED) is 0.889.